The molecule has 8 heteroatoms. The zero-order valence-corrected chi connectivity index (χ0v) is 29.0. The van der Waals surface area contributed by atoms with Gasteiger partial charge in [-0.1, -0.05) is 75.7 Å². The zero-order chi connectivity index (χ0) is 28.3. The molecule has 0 rings (SSSR count). The Balaban J connectivity index is 6.64. The minimum atomic E-state index is -2.10. The monoisotopic (exact) mass is 546 g/mol. The van der Waals surface area contributed by atoms with Gasteiger partial charge in [0.2, 0.25) is 5.91 Å². The third-order valence-electron chi connectivity index (χ3n) is 9.16. The Morgan fingerprint density at radius 3 is 1.11 bits per heavy atom. The van der Waals surface area contributed by atoms with Gasteiger partial charge in [-0.05, 0) is 60.8 Å². The molecule has 5 nitrogen and oxygen atoms in total. The maximum atomic E-state index is 13.0. The van der Waals surface area contributed by atoms with Crippen molar-refractivity contribution in [2.45, 2.75) is 130 Å². The second-order valence-corrected chi connectivity index (χ2v) is 29.5. The third kappa shape index (κ3) is 9.36. The quantitative estimate of drug-likeness (QED) is 0.240. The van der Waals surface area contributed by atoms with Crippen LogP contribution < -0.4 is 5.73 Å². The largest absolute Gasteiger partial charge is 0.416 e. The number of hydrogen-bond donors (Lipinski definition) is 1. The van der Waals surface area contributed by atoms with Crippen molar-refractivity contribution in [2.75, 3.05) is 19.8 Å². The maximum absolute atomic E-state index is 13.0. The molecule has 0 aromatic rings. The van der Waals surface area contributed by atoms with Gasteiger partial charge in [-0.25, -0.2) is 0 Å². The third-order valence-corrected chi connectivity index (χ3v) is 22.6. The van der Waals surface area contributed by atoms with Gasteiger partial charge in [-0.2, -0.15) is 0 Å². The Morgan fingerprint density at radius 1 is 0.686 bits per heavy atom. The van der Waals surface area contributed by atoms with Crippen molar-refractivity contribution < 1.29 is 18.1 Å². The van der Waals surface area contributed by atoms with Crippen LogP contribution in [-0.2, 0) is 18.1 Å². The number of carbonyl (C=O) groups excluding carboxylic acids is 1. The minimum absolute atomic E-state index is 0.0495. The molecule has 209 valence electrons. The molecule has 0 aliphatic carbocycles. The number of hydrogen-bond acceptors (Lipinski definition) is 4. The molecule has 0 aromatic carbocycles. The first kappa shape index (κ1) is 35.0. The molecule has 0 saturated heterocycles. The van der Waals surface area contributed by atoms with Gasteiger partial charge in [-0.3, -0.25) is 4.79 Å². The van der Waals surface area contributed by atoms with Gasteiger partial charge in [0, 0.05) is 31.2 Å². The van der Waals surface area contributed by atoms with E-state index >= 15 is 0 Å². The first-order valence-electron chi connectivity index (χ1n) is 13.3. The molecule has 0 fully saturated rings. The van der Waals surface area contributed by atoms with E-state index in [1.54, 1.807) is 0 Å². The number of rotatable bonds is 13. The van der Waals surface area contributed by atoms with E-state index in [0.29, 0.717) is 32.7 Å². The molecule has 0 aliphatic rings. The van der Waals surface area contributed by atoms with Crippen LogP contribution in [0, 0.1) is 18.3 Å². The van der Waals surface area contributed by atoms with Crippen LogP contribution in [0.1, 0.15) is 75.2 Å². The Morgan fingerprint density at radius 2 is 0.943 bits per heavy atom. The summed E-state index contributed by atoms with van der Waals surface area (Å²) in [7, 11) is -6.29. The second-order valence-electron chi connectivity index (χ2n) is 15.1. The van der Waals surface area contributed by atoms with Crippen LogP contribution in [-0.4, -0.2) is 50.7 Å². The van der Waals surface area contributed by atoms with Gasteiger partial charge in [0.15, 0.2) is 25.0 Å². The van der Waals surface area contributed by atoms with E-state index in [0.717, 1.165) is 0 Å². The molecular formula is C27H60NO4Si3. The lowest BCUT2D eigenvalue weighted by atomic mass is 9.74. The number of amides is 1. The minimum Gasteiger partial charge on any atom is -0.416 e. The van der Waals surface area contributed by atoms with Crippen molar-refractivity contribution in [3.05, 3.63) is 6.92 Å². The highest BCUT2D eigenvalue weighted by atomic mass is 28.4. The molecule has 0 aromatic heterocycles. The summed E-state index contributed by atoms with van der Waals surface area (Å²) in [4.78, 5) is 13.0. The van der Waals surface area contributed by atoms with Crippen LogP contribution in [0.2, 0.25) is 54.4 Å². The summed E-state index contributed by atoms with van der Waals surface area (Å²) >= 11 is 0. The number of carbonyl (C=O) groups is 1. The van der Waals surface area contributed by atoms with Gasteiger partial charge in [-0.15, -0.1) is 0 Å². The van der Waals surface area contributed by atoms with Crippen molar-refractivity contribution in [1.29, 1.82) is 0 Å². The Bertz CT molecular complexity index is 612. The van der Waals surface area contributed by atoms with E-state index in [9.17, 15) is 4.79 Å². The average molecular weight is 547 g/mol. The molecule has 2 N–H and O–H groups in total. The van der Waals surface area contributed by atoms with Crippen LogP contribution in [0.15, 0.2) is 0 Å². The molecule has 0 heterocycles. The Hall–Kier alpha value is 0.000649. The van der Waals surface area contributed by atoms with Crippen LogP contribution in [0.5, 0.6) is 0 Å². The number of nitrogens with two attached hydrogens (primary N) is 1. The highest BCUT2D eigenvalue weighted by Gasteiger charge is 2.50. The predicted molar refractivity (Wildman–Crippen MR) is 159 cm³/mol. The summed E-state index contributed by atoms with van der Waals surface area (Å²) in [6.07, 6.45) is 1.22. The molecule has 1 radical (unpaired) electrons. The Labute approximate surface area is 222 Å². The van der Waals surface area contributed by atoms with Crippen molar-refractivity contribution in [1.82, 2.24) is 0 Å². The normalized spacial score (nSPS) is 15.9. The van der Waals surface area contributed by atoms with Crippen LogP contribution >= 0.6 is 0 Å². The van der Waals surface area contributed by atoms with Crippen molar-refractivity contribution in [3.8, 4) is 0 Å². The molecular weight excluding hydrogens is 487 g/mol. The summed E-state index contributed by atoms with van der Waals surface area (Å²) in [5.41, 5.74) is 5.42. The first-order valence-corrected chi connectivity index (χ1v) is 22.0. The molecule has 0 saturated carbocycles. The van der Waals surface area contributed by atoms with E-state index < -0.39 is 36.3 Å². The standard InChI is InChI=1S/C27H60NO4Si3/c1-17-18-22(23(28)29)27(19-30-33(11,12)24(2,3)4,20-31-34(13,14)25(5,6)7)21-32-35(15,16)26(8,9)10/h22H,1,17-21H2,2-16H3,(H2,28,29). The smallest absolute Gasteiger partial charge is 0.221 e. The van der Waals surface area contributed by atoms with E-state index in [-0.39, 0.29) is 21.0 Å². The summed E-state index contributed by atoms with van der Waals surface area (Å²) in [6.45, 7) is 38.9. The highest BCUT2D eigenvalue weighted by molar-refractivity contribution is 6.75. The molecule has 1 amide bonds. The van der Waals surface area contributed by atoms with Gasteiger partial charge >= 0.3 is 0 Å². The lowest BCUT2D eigenvalue weighted by Crippen LogP contribution is -2.56. The van der Waals surface area contributed by atoms with E-state index in [1.807, 2.05) is 0 Å². The molecule has 1 atom stereocenters. The summed E-state index contributed by atoms with van der Waals surface area (Å²) in [5, 5.41) is 0.148. The SMILES string of the molecule is [CH2]CCC(C(N)=O)C(CO[Si](C)(C)C(C)(C)C)(CO[Si](C)(C)C(C)(C)C)CO[Si](C)(C)C(C)(C)C. The lowest BCUT2D eigenvalue weighted by Gasteiger charge is -2.48. The van der Waals surface area contributed by atoms with Crippen LogP contribution in [0.25, 0.3) is 0 Å². The fourth-order valence-electron chi connectivity index (χ4n) is 3.00. The van der Waals surface area contributed by atoms with Gasteiger partial charge in [0.1, 0.15) is 0 Å². The Kier molecular flexibility index (Phi) is 11.8. The maximum Gasteiger partial charge on any atom is 0.221 e. The van der Waals surface area contributed by atoms with E-state index in [2.05, 4.69) is 109 Å². The van der Waals surface area contributed by atoms with Crippen molar-refractivity contribution >= 4 is 30.9 Å². The topological polar surface area (TPSA) is 70.8 Å². The fraction of sp³-hybridized carbons (Fsp3) is 0.926. The first-order chi connectivity index (χ1) is 15.3. The molecule has 0 aliphatic heterocycles. The molecule has 35 heavy (non-hydrogen) atoms. The van der Waals surface area contributed by atoms with Gasteiger partial charge < -0.3 is 19.0 Å². The molecule has 0 bridgehead atoms. The second kappa shape index (κ2) is 11.8. The predicted octanol–water partition coefficient (Wildman–Crippen LogP) is 7.75. The van der Waals surface area contributed by atoms with Crippen molar-refractivity contribution in [3.63, 3.8) is 0 Å². The summed E-state index contributed by atoms with van der Waals surface area (Å²) < 4.78 is 20.5. The van der Waals surface area contributed by atoms with E-state index in [4.69, 9.17) is 19.0 Å². The lowest BCUT2D eigenvalue weighted by molar-refractivity contribution is -0.131. The number of primary amides is 1. The van der Waals surface area contributed by atoms with Gasteiger partial charge in [0.25, 0.3) is 0 Å². The van der Waals surface area contributed by atoms with Crippen LogP contribution in [0.4, 0.5) is 0 Å². The molecule has 0 spiro atoms. The summed E-state index contributed by atoms with van der Waals surface area (Å²) in [6, 6.07) is 0. The zero-order valence-electron chi connectivity index (χ0n) is 26.0. The van der Waals surface area contributed by atoms with Gasteiger partial charge in [0.05, 0.1) is 0 Å². The fourth-order valence-corrected chi connectivity index (χ4v) is 6.25. The van der Waals surface area contributed by atoms with Crippen LogP contribution in [0.3, 0.4) is 0 Å². The van der Waals surface area contributed by atoms with Crippen molar-refractivity contribution in [2.24, 2.45) is 17.1 Å². The van der Waals surface area contributed by atoms with E-state index in [1.165, 1.54) is 0 Å². The molecule has 1 unspecified atom stereocenters. The highest BCUT2D eigenvalue weighted by Crippen LogP contribution is 2.44. The average Bonchev–Trinajstić information content (AvgIpc) is 2.63. The summed E-state index contributed by atoms with van der Waals surface area (Å²) in [5.74, 6) is -0.746.